The third-order valence-electron chi connectivity index (χ3n) is 4.43. The Labute approximate surface area is 173 Å². The van der Waals surface area contributed by atoms with Crippen molar-refractivity contribution in [2.75, 3.05) is 5.32 Å². The molecule has 0 aliphatic heterocycles. The Kier molecular flexibility index (Phi) is 5.17. The number of nitrogens with zero attached hydrogens (tertiary/aromatic N) is 3. The number of aromatic nitrogens is 3. The minimum Gasteiger partial charge on any atom is -0.345 e. The molecule has 30 heavy (non-hydrogen) atoms. The molecular weight excluding hydrogens is 415 g/mol. The Bertz CT molecular complexity index is 1180. The standard InChI is InChI=1S/C20H16F3N5OS/c1-12(26-18(29)15-10-25-28-9-3-2-4-16(15)28)17-11-24-19(30-17)27-14-7-5-13(6-8-14)20(21,22)23/h2-12H,1H3,(H,24,27)(H,26,29). The number of carbonyl (C=O) groups is 1. The summed E-state index contributed by atoms with van der Waals surface area (Å²) in [6, 6.07) is 9.88. The number of nitrogens with one attached hydrogen (secondary N) is 2. The monoisotopic (exact) mass is 431 g/mol. The highest BCUT2D eigenvalue weighted by Gasteiger charge is 2.30. The first-order chi connectivity index (χ1) is 14.3. The van der Waals surface area contributed by atoms with Crippen molar-refractivity contribution in [3.63, 3.8) is 0 Å². The molecule has 4 rings (SSSR count). The van der Waals surface area contributed by atoms with Gasteiger partial charge in [0.05, 0.1) is 28.9 Å². The minimum atomic E-state index is -4.37. The van der Waals surface area contributed by atoms with Crippen LogP contribution in [0.15, 0.2) is 61.1 Å². The topological polar surface area (TPSA) is 71.3 Å². The molecule has 0 aliphatic rings. The predicted octanol–water partition coefficient (Wildman–Crippen LogP) is 5.04. The maximum Gasteiger partial charge on any atom is 0.416 e. The van der Waals surface area contributed by atoms with Crippen LogP contribution < -0.4 is 10.6 Å². The van der Waals surface area contributed by atoms with Gasteiger partial charge in [0, 0.05) is 23.0 Å². The van der Waals surface area contributed by atoms with E-state index in [0.29, 0.717) is 21.9 Å². The van der Waals surface area contributed by atoms with Gasteiger partial charge in [-0.3, -0.25) is 4.79 Å². The normalized spacial score (nSPS) is 12.7. The van der Waals surface area contributed by atoms with Crippen LogP contribution >= 0.6 is 11.3 Å². The molecule has 1 unspecified atom stereocenters. The van der Waals surface area contributed by atoms with Gasteiger partial charge in [0.2, 0.25) is 0 Å². The lowest BCUT2D eigenvalue weighted by Gasteiger charge is -2.11. The Morgan fingerprint density at radius 1 is 1.13 bits per heavy atom. The van der Waals surface area contributed by atoms with E-state index in [-0.39, 0.29) is 11.9 Å². The maximum absolute atomic E-state index is 12.7. The third kappa shape index (κ3) is 4.13. The van der Waals surface area contributed by atoms with E-state index in [1.54, 1.807) is 16.9 Å². The van der Waals surface area contributed by atoms with Crippen molar-refractivity contribution in [3.05, 3.63) is 77.1 Å². The number of pyridine rings is 1. The number of hydrogen-bond acceptors (Lipinski definition) is 5. The molecular formula is C20H16F3N5OS. The second-order valence-electron chi connectivity index (χ2n) is 6.55. The van der Waals surface area contributed by atoms with Crippen LogP contribution in [0.4, 0.5) is 24.0 Å². The average Bonchev–Trinajstić information content (AvgIpc) is 3.35. The van der Waals surface area contributed by atoms with Crippen molar-refractivity contribution in [3.8, 4) is 0 Å². The van der Waals surface area contributed by atoms with Crippen LogP contribution in [0.2, 0.25) is 0 Å². The summed E-state index contributed by atoms with van der Waals surface area (Å²) in [7, 11) is 0. The molecule has 1 aromatic carbocycles. The number of carbonyl (C=O) groups excluding carboxylic acids is 1. The van der Waals surface area contributed by atoms with Crippen LogP contribution in [-0.4, -0.2) is 20.5 Å². The molecule has 1 atom stereocenters. The average molecular weight is 431 g/mol. The van der Waals surface area contributed by atoms with Gasteiger partial charge in [0.15, 0.2) is 5.13 Å². The highest BCUT2D eigenvalue weighted by atomic mass is 32.1. The lowest BCUT2D eigenvalue weighted by Crippen LogP contribution is -2.26. The van der Waals surface area contributed by atoms with E-state index >= 15 is 0 Å². The fraction of sp³-hybridized carbons (Fsp3) is 0.150. The predicted molar refractivity (Wildman–Crippen MR) is 108 cm³/mol. The number of hydrogen-bond donors (Lipinski definition) is 2. The SMILES string of the molecule is CC(NC(=O)c1cnn2ccccc12)c1cnc(Nc2ccc(C(F)(F)F)cc2)s1. The van der Waals surface area contributed by atoms with Crippen LogP contribution in [0.5, 0.6) is 0 Å². The van der Waals surface area contributed by atoms with Crippen molar-refractivity contribution < 1.29 is 18.0 Å². The summed E-state index contributed by atoms with van der Waals surface area (Å²) >= 11 is 1.31. The van der Waals surface area contributed by atoms with Crippen LogP contribution in [0, 0.1) is 0 Å². The van der Waals surface area contributed by atoms with Crippen LogP contribution in [0.3, 0.4) is 0 Å². The highest BCUT2D eigenvalue weighted by Crippen LogP contribution is 2.31. The van der Waals surface area contributed by atoms with Crippen molar-refractivity contribution in [2.45, 2.75) is 19.1 Å². The second-order valence-corrected chi connectivity index (χ2v) is 7.61. The molecule has 0 radical (unpaired) electrons. The molecule has 3 heterocycles. The fourth-order valence-corrected chi connectivity index (χ4v) is 3.70. The van der Waals surface area contributed by atoms with Gasteiger partial charge in [-0.2, -0.15) is 18.3 Å². The zero-order chi connectivity index (χ0) is 21.3. The molecule has 4 aromatic rings. The van der Waals surface area contributed by atoms with Crippen LogP contribution in [0.1, 0.15) is 33.8 Å². The van der Waals surface area contributed by atoms with Gasteiger partial charge in [-0.05, 0) is 43.3 Å². The zero-order valence-electron chi connectivity index (χ0n) is 15.6. The van der Waals surface area contributed by atoms with E-state index in [1.807, 2.05) is 25.1 Å². The molecule has 2 N–H and O–H groups in total. The number of thiazole rings is 1. The maximum atomic E-state index is 12.7. The van der Waals surface area contributed by atoms with E-state index in [4.69, 9.17) is 0 Å². The summed E-state index contributed by atoms with van der Waals surface area (Å²) in [6.45, 7) is 1.83. The number of anilines is 2. The first kappa shape index (κ1) is 19.9. The molecule has 0 bridgehead atoms. The largest absolute Gasteiger partial charge is 0.416 e. The molecule has 10 heteroatoms. The summed E-state index contributed by atoms with van der Waals surface area (Å²) in [5.74, 6) is -0.255. The zero-order valence-corrected chi connectivity index (χ0v) is 16.5. The van der Waals surface area contributed by atoms with E-state index < -0.39 is 11.7 Å². The molecule has 6 nitrogen and oxygen atoms in total. The molecule has 1 amide bonds. The molecule has 0 saturated heterocycles. The first-order valence-corrected chi connectivity index (χ1v) is 9.76. The Balaban J connectivity index is 1.42. The lowest BCUT2D eigenvalue weighted by molar-refractivity contribution is -0.137. The molecule has 154 valence electrons. The van der Waals surface area contributed by atoms with E-state index in [2.05, 4.69) is 20.7 Å². The summed E-state index contributed by atoms with van der Waals surface area (Å²) < 4.78 is 39.6. The number of fused-ring (bicyclic) bond motifs is 1. The van der Waals surface area contributed by atoms with E-state index in [1.165, 1.54) is 29.7 Å². The highest BCUT2D eigenvalue weighted by molar-refractivity contribution is 7.15. The van der Waals surface area contributed by atoms with Gasteiger partial charge in [-0.15, -0.1) is 0 Å². The molecule has 0 spiro atoms. The number of halogens is 3. The van der Waals surface area contributed by atoms with Crippen molar-refractivity contribution >= 4 is 33.6 Å². The van der Waals surface area contributed by atoms with Gasteiger partial charge in [-0.25, -0.2) is 9.50 Å². The van der Waals surface area contributed by atoms with Crippen molar-refractivity contribution in [1.82, 2.24) is 19.9 Å². The third-order valence-corrected chi connectivity index (χ3v) is 5.53. The molecule has 3 aromatic heterocycles. The summed E-state index contributed by atoms with van der Waals surface area (Å²) in [4.78, 5) is 17.7. The van der Waals surface area contributed by atoms with Gasteiger partial charge < -0.3 is 10.6 Å². The second kappa shape index (κ2) is 7.79. The van der Waals surface area contributed by atoms with Crippen LogP contribution in [0.25, 0.3) is 5.52 Å². The first-order valence-electron chi connectivity index (χ1n) is 8.94. The molecule has 0 aliphatic carbocycles. The summed E-state index contributed by atoms with van der Waals surface area (Å²) in [6.07, 6.45) is 0.527. The smallest absolute Gasteiger partial charge is 0.345 e. The number of alkyl halides is 3. The van der Waals surface area contributed by atoms with Crippen molar-refractivity contribution in [1.29, 1.82) is 0 Å². The number of rotatable bonds is 5. The summed E-state index contributed by atoms with van der Waals surface area (Å²) in [5, 5.41) is 10.6. The lowest BCUT2D eigenvalue weighted by atomic mass is 10.2. The van der Waals surface area contributed by atoms with Gasteiger partial charge in [0.1, 0.15) is 0 Å². The van der Waals surface area contributed by atoms with Gasteiger partial charge >= 0.3 is 6.18 Å². The van der Waals surface area contributed by atoms with Gasteiger partial charge in [-0.1, -0.05) is 17.4 Å². The fourth-order valence-electron chi connectivity index (χ4n) is 2.87. The molecule has 0 fully saturated rings. The Morgan fingerprint density at radius 3 is 2.63 bits per heavy atom. The number of benzene rings is 1. The Morgan fingerprint density at radius 2 is 1.90 bits per heavy atom. The van der Waals surface area contributed by atoms with E-state index in [9.17, 15) is 18.0 Å². The van der Waals surface area contributed by atoms with Crippen molar-refractivity contribution in [2.24, 2.45) is 0 Å². The van der Waals surface area contributed by atoms with E-state index in [0.717, 1.165) is 17.0 Å². The van der Waals surface area contributed by atoms with Gasteiger partial charge in [0.25, 0.3) is 5.91 Å². The quantitative estimate of drug-likeness (QED) is 0.464. The van der Waals surface area contributed by atoms with Crippen LogP contribution in [-0.2, 0) is 6.18 Å². The Hall–Kier alpha value is -3.40. The molecule has 0 saturated carbocycles. The number of amides is 1. The minimum absolute atomic E-state index is 0.255. The summed E-state index contributed by atoms with van der Waals surface area (Å²) in [5.41, 5.74) is 0.954.